The molecule has 1 aromatic rings. The molecule has 1 unspecified atom stereocenters. The van der Waals surface area contributed by atoms with Gasteiger partial charge in [0.2, 0.25) is 0 Å². The molecule has 92 valence electrons. The van der Waals surface area contributed by atoms with E-state index in [-0.39, 0.29) is 0 Å². The third-order valence-corrected chi connectivity index (χ3v) is 3.36. The predicted octanol–water partition coefficient (Wildman–Crippen LogP) is 4.08. The van der Waals surface area contributed by atoms with Crippen molar-refractivity contribution in [2.24, 2.45) is 5.92 Å². The third-order valence-electron chi connectivity index (χ3n) is 3.05. The van der Waals surface area contributed by atoms with E-state index in [2.05, 4.69) is 31.7 Å². The summed E-state index contributed by atoms with van der Waals surface area (Å²) in [6.45, 7) is 8.55. The average molecular weight is 251 g/mol. The highest BCUT2D eigenvalue weighted by molar-refractivity contribution is 6.32. The SMILES string of the molecule is CCC(C)CN(CC)c1ccc(C#N)c(Cl)c1. The minimum Gasteiger partial charge on any atom is -0.372 e. The maximum Gasteiger partial charge on any atom is 0.101 e. The fourth-order valence-electron chi connectivity index (χ4n) is 1.71. The Morgan fingerprint density at radius 2 is 2.12 bits per heavy atom. The summed E-state index contributed by atoms with van der Waals surface area (Å²) in [6, 6.07) is 7.72. The minimum atomic E-state index is 0.535. The lowest BCUT2D eigenvalue weighted by molar-refractivity contribution is 0.548. The van der Waals surface area contributed by atoms with Gasteiger partial charge in [-0.15, -0.1) is 0 Å². The molecule has 1 aromatic carbocycles. The van der Waals surface area contributed by atoms with Gasteiger partial charge in [-0.2, -0.15) is 5.26 Å². The van der Waals surface area contributed by atoms with Gasteiger partial charge in [-0.05, 0) is 31.0 Å². The topological polar surface area (TPSA) is 27.0 Å². The molecule has 0 amide bonds. The van der Waals surface area contributed by atoms with E-state index < -0.39 is 0 Å². The summed E-state index contributed by atoms with van der Waals surface area (Å²) >= 11 is 6.05. The molecule has 0 aliphatic rings. The van der Waals surface area contributed by atoms with Crippen LogP contribution in [0.25, 0.3) is 0 Å². The van der Waals surface area contributed by atoms with Gasteiger partial charge in [0.15, 0.2) is 0 Å². The molecular weight excluding hydrogens is 232 g/mol. The molecule has 0 bridgehead atoms. The second-order valence-corrected chi connectivity index (χ2v) is 4.74. The zero-order valence-electron chi connectivity index (χ0n) is 10.7. The number of nitriles is 1. The molecule has 1 atom stereocenters. The second kappa shape index (κ2) is 6.51. The van der Waals surface area contributed by atoms with E-state index in [4.69, 9.17) is 16.9 Å². The smallest absolute Gasteiger partial charge is 0.101 e. The monoisotopic (exact) mass is 250 g/mol. The molecule has 17 heavy (non-hydrogen) atoms. The Balaban J connectivity index is 2.90. The standard InChI is InChI=1S/C14H19ClN2/c1-4-11(3)10-17(5-2)13-7-6-12(9-16)14(15)8-13/h6-8,11H,4-5,10H2,1-3H3. The maximum absolute atomic E-state index is 8.84. The predicted molar refractivity (Wildman–Crippen MR) is 73.5 cm³/mol. The third kappa shape index (κ3) is 3.64. The first-order chi connectivity index (χ1) is 8.12. The highest BCUT2D eigenvalue weighted by atomic mass is 35.5. The molecule has 0 saturated heterocycles. The zero-order chi connectivity index (χ0) is 12.8. The van der Waals surface area contributed by atoms with Crippen LogP contribution in [0, 0.1) is 17.2 Å². The quantitative estimate of drug-likeness (QED) is 0.787. The Morgan fingerprint density at radius 3 is 2.59 bits per heavy atom. The summed E-state index contributed by atoms with van der Waals surface area (Å²) in [7, 11) is 0. The van der Waals surface area contributed by atoms with Crippen LogP contribution in [0.1, 0.15) is 32.8 Å². The van der Waals surface area contributed by atoms with Gasteiger partial charge in [0.25, 0.3) is 0 Å². The molecule has 0 aromatic heterocycles. The molecule has 0 spiro atoms. The molecule has 1 rings (SSSR count). The average Bonchev–Trinajstić information content (AvgIpc) is 2.35. The van der Waals surface area contributed by atoms with Crippen LogP contribution in [0.2, 0.25) is 5.02 Å². The zero-order valence-corrected chi connectivity index (χ0v) is 11.5. The van der Waals surface area contributed by atoms with Crippen molar-refractivity contribution in [3.8, 4) is 6.07 Å². The summed E-state index contributed by atoms with van der Waals surface area (Å²) in [4.78, 5) is 2.29. The lowest BCUT2D eigenvalue weighted by Crippen LogP contribution is -2.27. The van der Waals surface area contributed by atoms with Crippen molar-refractivity contribution < 1.29 is 0 Å². The molecule has 0 aliphatic carbocycles. The Bertz CT molecular complexity index is 409. The lowest BCUT2D eigenvalue weighted by Gasteiger charge is -2.26. The van der Waals surface area contributed by atoms with Crippen molar-refractivity contribution in [2.45, 2.75) is 27.2 Å². The normalized spacial score (nSPS) is 11.9. The van der Waals surface area contributed by atoms with Gasteiger partial charge in [0, 0.05) is 18.8 Å². The number of anilines is 1. The fourth-order valence-corrected chi connectivity index (χ4v) is 1.93. The van der Waals surface area contributed by atoms with Crippen molar-refractivity contribution in [2.75, 3.05) is 18.0 Å². The van der Waals surface area contributed by atoms with E-state index in [1.54, 1.807) is 6.07 Å². The summed E-state index contributed by atoms with van der Waals surface area (Å²) in [5.74, 6) is 0.657. The van der Waals surface area contributed by atoms with Gasteiger partial charge in [-0.25, -0.2) is 0 Å². The molecular formula is C14H19ClN2. The van der Waals surface area contributed by atoms with Crippen LogP contribution < -0.4 is 4.90 Å². The van der Waals surface area contributed by atoms with Crippen LogP contribution in [0.15, 0.2) is 18.2 Å². The van der Waals surface area contributed by atoms with Gasteiger partial charge in [-0.3, -0.25) is 0 Å². The van der Waals surface area contributed by atoms with E-state index in [9.17, 15) is 0 Å². The maximum atomic E-state index is 8.84. The molecule has 2 nitrogen and oxygen atoms in total. The number of hydrogen-bond donors (Lipinski definition) is 0. The first-order valence-corrected chi connectivity index (χ1v) is 6.44. The molecule has 0 aliphatic heterocycles. The van der Waals surface area contributed by atoms with Gasteiger partial charge in [0.05, 0.1) is 10.6 Å². The number of halogens is 1. The van der Waals surface area contributed by atoms with Crippen LogP contribution in [0.5, 0.6) is 0 Å². The number of nitrogens with zero attached hydrogens (tertiary/aromatic N) is 2. The Labute approximate surface area is 109 Å². The molecule has 0 N–H and O–H groups in total. The molecule has 0 saturated carbocycles. The van der Waals surface area contributed by atoms with E-state index in [0.29, 0.717) is 16.5 Å². The summed E-state index contributed by atoms with van der Waals surface area (Å²) in [5, 5.41) is 9.38. The van der Waals surface area contributed by atoms with E-state index in [0.717, 1.165) is 18.8 Å². The molecule has 3 heteroatoms. The second-order valence-electron chi connectivity index (χ2n) is 4.33. The van der Waals surface area contributed by atoms with Gasteiger partial charge in [-0.1, -0.05) is 31.9 Å². The first kappa shape index (κ1) is 13.9. The lowest BCUT2D eigenvalue weighted by atomic mass is 10.1. The highest BCUT2D eigenvalue weighted by Gasteiger charge is 2.10. The van der Waals surface area contributed by atoms with Crippen LogP contribution in [-0.4, -0.2) is 13.1 Å². The van der Waals surface area contributed by atoms with Crippen LogP contribution >= 0.6 is 11.6 Å². The molecule has 0 radical (unpaired) electrons. The van der Waals surface area contributed by atoms with Crippen LogP contribution in [0.4, 0.5) is 5.69 Å². The minimum absolute atomic E-state index is 0.535. The van der Waals surface area contributed by atoms with Crippen LogP contribution in [0.3, 0.4) is 0 Å². The van der Waals surface area contributed by atoms with Crippen molar-refractivity contribution in [3.63, 3.8) is 0 Å². The van der Waals surface area contributed by atoms with E-state index in [1.807, 2.05) is 12.1 Å². The molecule has 0 heterocycles. The summed E-state index contributed by atoms with van der Waals surface area (Å²) in [6.07, 6.45) is 1.17. The van der Waals surface area contributed by atoms with Gasteiger partial charge in [0.1, 0.15) is 6.07 Å². The first-order valence-electron chi connectivity index (χ1n) is 6.06. The largest absolute Gasteiger partial charge is 0.372 e. The van der Waals surface area contributed by atoms with Crippen molar-refractivity contribution in [3.05, 3.63) is 28.8 Å². The Morgan fingerprint density at radius 1 is 1.41 bits per heavy atom. The number of benzene rings is 1. The number of rotatable bonds is 5. The van der Waals surface area contributed by atoms with Gasteiger partial charge >= 0.3 is 0 Å². The van der Waals surface area contributed by atoms with Gasteiger partial charge < -0.3 is 4.90 Å². The fraction of sp³-hybridized carbons (Fsp3) is 0.500. The molecule has 0 fully saturated rings. The van der Waals surface area contributed by atoms with E-state index >= 15 is 0 Å². The van der Waals surface area contributed by atoms with Crippen molar-refractivity contribution >= 4 is 17.3 Å². The van der Waals surface area contributed by atoms with E-state index in [1.165, 1.54) is 6.42 Å². The summed E-state index contributed by atoms with van der Waals surface area (Å²) in [5.41, 5.74) is 1.63. The number of hydrogen-bond acceptors (Lipinski definition) is 2. The van der Waals surface area contributed by atoms with Crippen molar-refractivity contribution in [1.29, 1.82) is 5.26 Å². The van der Waals surface area contributed by atoms with Crippen LogP contribution in [-0.2, 0) is 0 Å². The Kier molecular flexibility index (Phi) is 5.31. The summed E-state index contributed by atoms with van der Waals surface area (Å²) < 4.78 is 0. The van der Waals surface area contributed by atoms with Crippen molar-refractivity contribution in [1.82, 2.24) is 0 Å². The highest BCUT2D eigenvalue weighted by Crippen LogP contribution is 2.24. The Hall–Kier alpha value is -1.20.